The smallest absolute Gasteiger partial charge is 0.549 e. The maximum absolute atomic E-state index is 11.9. The Labute approximate surface area is 232 Å². The molecule has 0 saturated heterocycles. The van der Waals surface area contributed by atoms with Crippen molar-refractivity contribution in [2.24, 2.45) is 11.3 Å². The average molecular weight is 481 g/mol. The number of hydrogen-bond acceptors (Lipinski definition) is 6. The predicted octanol–water partition coefficient (Wildman–Crippen LogP) is -3.52. The first-order chi connectivity index (χ1) is 13.5. The number of hydrogen-bond donors (Lipinski definition) is 1. The number of carboxylic acids is 2. The number of carbonyl (C=O) groups is 2. The quantitative estimate of drug-likeness (QED) is 0.122. The van der Waals surface area contributed by atoms with E-state index < -0.39 is 32.7 Å². The first-order valence-electron chi connectivity index (χ1n) is 10.9. The van der Waals surface area contributed by atoms with Gasteiger partial charge in [0.15, 0.2) is 0 Å². The van der Waals surface area contributed by atoms with Gasteiger partial charge in [0.05, 0.1) is 5.97 Å². The zero-order chi connectivity index (χ0) is 22.5. The molecule has 0 bridgehead atoms. The SMILES string of the molecule is CCCCCCCCCCCCC(CCC(C)C)(C(=O)[O-])C(C(=O)[O-])S(=O)(=O)O.[Na+].[Na+]. The Balaban J connectivity index is -0.00000392. The zero-order valence-electron chi connectivity index (χ0n) is 20.2. The monoisotopic (exact) mass is 480 g/mol. The van der Waals surface area contributed by atoms with Crippen LogP contribution in [0.15, 0.2) is 0 Å². The summed E-state index contributed by atoms with van der Waals surface area (Å²) < 4.78 is 32.8. The summed E-state index contributed by atoms with van der Waals surface area (Å²) in [7, 11) is -5.16. The van der Waals surface area contributed by atoms with Gasteiger partial charge in [0.1, 0.15) is 5.25 Å². The third-order valence-electron chi connectivity index (χ3n) is 5.56. The molecule has 0 heterocycles. The molecule has 0 aromatic heterocycles. The van der Waals surface area contributed by atoms with Crippen LogP contribution in [0.1, 0.15) is 104 Å². The molecular weight excluding hydrogens is 442 g/mol. The molecule has 7 nitrogen and oxygen atoms in total. The fourth-order valence-corrected chi connectivity index (χ4v) is 4.95. The topological polar surface area (TPSA) is 135 Å². The van der Waals surface area contributed by atoms with Gasteiger partial charge in [-0.05, 0) is 18.8 Å². The van der Waals surface area contributed by atoms with Gasteiger partial charge < -0.3 is 19.8 Å². The van der Waals surface area contributed by atoms with Crippen molar-refractivity contribution in [1.29, 1.82) is 0 Å². The molecule has 31 heavy (non-hydrogen) atoms. The number of rotatable bonds is 18. The summed E-state index contributed by atoms with van der Waals surface area (Å²) >= 11 is 0. The van der Waals surface area contributed by atoms with Gasteiger partial charge in [-0.1, -0.05) is 91.4 Å². The molecular formula is C21H38Na2O7S. The van der Waals surface area contributed by atoms with Gasteiger partial charge in [-0.3, -0.25) is 4.55 Å². The van der Waals surface area contributed by atoms with Gasteiger partial charge in [-0.25, -0.2) is 0 Å². The molecule has 0 radical (unpaired) electrons. The average Bonchev–Trinajstić information content (AvgIpc) is 2.59. The molecule has 0 aromatic rings. The van der Waals surface area contributed by atoms with Crippen molar-refractivity contribution in [2.45, 2.75) is 109 Å². The fourth-order valence-electron chi connectivity index (χ4n) is 3.80. The normalized spacial score (nSPS) is 14.2. The van der Waals surface area contributed by atoms with E-state index in [9.17, 15) is 32.8 Å². The van der Waals surface area contributed by atoms with Crippen LogP contribution in [0.2, 0.25) is 0 Å². The predicted molar refractivity (Wildman–Crippen MR) is 108 cm³/mol. The molecule has 0 amide bonds. The molecule has 0 spiro atoms. The summed E-state index contributed by atoms with van der Waals surface area (Å²) in [6.45, 7) is 5.81. The van der Waals surface area contributed by atoms with Crippen molar-refractivity contribution in [3.63, 3.8) is 0 Å². The van der Waals surface area contributed by atoms with Crippen molar-refractivity contribution in [3.8, 4) is 0 Å². The third-order valence-corrected chi connectivity index (χ3v) is 6.80. The van der Waals surface area contributed by atoms with Crippen LogP contribution in [0.25, 0.3) is 0 Å². The van der Waals surface area contributed by atoms with E-state index in [1.807, 2.05) is 13.8 Å². The maximum atomic E-state index is 11.9. The van der Waals surface area contributed by atoms with Crippen molar-refractivity contribution < 1.29 is 91.9 Å². The van der Waals surface area contributed by atoms with E-state index in [-0.39, 0.29) is 77.9 Å². The molecule has 0 rings (SSSR count). The van der Waals surface area contributed by atoms with E-state index in [1.165, 1.54) is 25.7 Å². The number of carboxylic acid groups (broad SMARTS) is 2. The Hall–Kier alpha value is 0.850. The summed E-state index contributed by atoms with van der Waals surface area (Å²) in [5.41, 5.74) is -2.20. The second-order valence-corrected chi connectivity index (χ2v) is 10.0. The summed E-state index contributed by atoms with van der Waals surface area (Å²) in [6, 6.07) is 0. The van der Waals surface area contributed by atoms with Crippen molar-refractivity contribution >= 4 is 22.1 Å². The first kappa shape index (κ1) is 36.4. The Kier molecular flexibility index (Phi) is 22.5. The zero-order valence-corrected chi connectivity index (χ0v) is 25.0. The van der Waals surface area contributed by atoms with Crippen molar-refractivity contribution in [3.05, 3.63) is 0 Å². The minimum Gasteiger partial charge on any atom is -0.549 e. The standard InChI is InChI=1S/C21H40O7S.2Na/c1-4-5-6-7-8-9-10-11-12-13-15-21(20(24)25,16-14-17(2)3)18(19(22)23)29(26,27)28;;/h17-18H,4-16H2,1-3H3,(H,22,23)(H,24,25)(H,26,27,28);;/q;2*+1/p-2. The molecule has 0 aliphatic rings. The molecule has 172 valence electrons. The Morgan fingerprint density at radius 2 is 1.26 bits per heavy atom. The van der Waals surface area contributed by atoms with Crippen LogP contribution in [0, 0.1) is 11.3 Å². The molecule has 0 fully saturated rings. The van der Waals surface area contributed by atoms with Crippen molar-refractivity contribution in [1.82, 2.24) is 0 Å². The van der Waals surface area contributed by atoms with Gasteiger partial charge in [-0.15, -0.1) is 0 Å². The van der Waals surface area contributed by atoms with Gasteiger partial charge in [-0.2, -0.15) is 8.42 Å². The number of carbonyl (C=O) groups excluding carboxylic acids is 2. The van der Waals surface area contributed by atoms with Gasteiger partial charge in [0.25, 0.3) is 10.1 Å². The molecule has 2 unspecified atom stereocenters. The maximum Gasteiger partial charge on any atom is 1.00 e. The van der Waals surface area contributed by atoms with Crippen LogP contribution in [-0.4, -0.2) is 30.2 Å². The summed E-state index contributed by atoms with van der Waals surface area (Å²) in [4.78, 5) is 23.4. The Bertz CT molecular complexity index is 597. The van der Waals surface area contributed by atoms with E-state index in [0.29, 0.717) is 19.3 Å². The second kappa shape index (κ2) is 19.2. The van der Waals surface area contributed by atoms with E-state index in [1.54, 1.807) is 0 Å². The fraction of sp³-hybridized carbons (Fsp3) is 0.905. The van der Waals surface area contributed by atoms with Crippen LogP contribution in [-0.2, 0) is 19.7 Å². The van der Waals surface area contributed by atoms with Gasteiger partial charge in [0.2, 0.25) is 0 Å². The molecule has 0 aromatic carbocycles. The molecule has 0 aliphatic carbocycles. The third kappa shape index (κ3) is 14.7. The van der Waals surface area contributed by atoms with E-state index >= 15 is 0 Å². The van der Waals surface area contributed by atoms with Crippen LogP contribution in [0.4, 0.5) is 0 Å². The molecule has 10 heteroatoms. The molecule has 2 atom stereocenters. The van der Waals surface area contributed by atoms with Crippen LogP contribution < -0.4 is 69.3 Å². The minimum atomic E-state index is -5.16. The first-order valence-corrected chi connectivity index (χ1v) is 12.4. The Morgan fingerprint density at radius 1 is 0.839 bits per heavy atom. The summed E-state index contributed by atoms with van der Waals surface area (Å²) in [5, 5.41) is 20.9. The van der Waals surface area contributed by atoms with E-state index in [0.717, 1.165) is 25.7 Å². The van der Waals surface area contributed by atoms with Crippen molar-refractivity contribution in [2.75, 3.05) is 0 Å². The molecule has 0 saturated carbocycles. The van der Waals surface area contributed by atoms with Crippen LogP contribution in [0.5, 0.6) is 0 Å². The number of aliphatic carboxylic acids is 2. The largest absolute Gasteiger partial charge is 1.00 e. The second-order valence-electron chi connectivity index (χ2n) is 8.52. The molecule has 1 N–H and O–H groups in total. The van der Waals surface area contributed by atoms with Crippen LogP contribution in [0.3, 0.4) is 0 Å². The molecule has 0 aliphatic heterocycles. The summed E-state index contributed by atoms with van der Waals surface area (Å²) in [6.07, 6.45) is 9.93. The minimum absolute atomic E-state index is 0. The van der Waals surface area contributed by atoms with E-state index in [2.05, 4.69) is 6.92 Å². The number of unbranched alkanes of at least 4 members (excludes halogenated alkanes) is 9. The van der Waals surface area contributed by atoms with Gasteiger partial charge in [0, 0.05) is 11.4 Å². The van der Waals surface area contributed by atoms with E-state index in [4.69, 9.17) is 0 Å². The van der Waals surface area contributed by atoms with Crippen LogP contribution >= 0.6 is 0 Å². The summed E-state index contributed by atoms with van der Waals surface area (Å²) in [5.74, 6) is -3.83. The van der Waals surface area contributed by atoms with Gasteiger partial charge >= 0.3 is 59.1 Å². The Morgan fingerprint density at radius 3 is 1.58 bits per heavy atom.